The Morgan fingerprint density at radius 1 is 1.05 bits per heavy atom. The number of carbonyl (C=O) groups excluding carboxylic acids is 4. The van der Waals surface area contributed by atoms with Crippen molar-refractivity contribution in [2.24, 2.45) is 17.8 Å². The second-order valence-electron chi connectivity index (χ2n) is 11.4. The Balaban J connectivity index is 1.57. The van der Waals surface area contributed by atoms with Crippen LogP contribution >= 0.6 is 23.2 Å². The first-order valence-electron chi connectivity index (χ1n) is 14.0. The molecule has 1 N–H and O–H groups in total. The highest BCUT2D eigenvalue weighted by Crippen LogP contribution is 2.66. The van der Waals surface area contributed by atoms with Crippen LogP contribution in [0.5, 0.6) is 5.75 Å². The third kappa shape index (κ3) is 3.70. The number of phenols is 1. The van der Waals surface area contributed by atoms with Crippen LogP contribution in [0.4, 0.5) is 10.1 Å². The molecular weight excluding hydrogens is 582 g/mol. The maximum absolute atomic E-state index is 14.4. The molecule has 42 heavy (non-hydrogen) atoms. The monoisotopic (exact) mass is 610 g/mol. The number of likely N-dealkylation sites (tertiary alicyclic amines) is 1. The zero-order valence-electron chi connectivity index (χ0n) is 22.9. The molecule has 0 aromatic heterocycles. The van der Waals surface area contributed by atoms with Gasteiger partial charge in [-0.1, -0.05) is 42.8 Å². The number of hydrogen-bond donors (Lipinski definition) is 1. The number of imide groups is 2. The van der Waals surface area contributed by atoms with E-state index in [4.69, 9.17) is 23.2 Å². The summed E-state index contributed by atoms with van der Waals surface area (Å²) < 4.78 is 13.8. The number of anilines is 1. The predicted octanol–water partition coefficient (Wildman–Crippen LogP) is 5.23. The first-order chi connectivity index (χ1) is 20.0. The molecule has 4 amide bonds. The summed E-state index contributed by atoms with van der Waals surface area (Å²) in [4.78, 5) is 53.6. The number of allylic oxidation sites excluding steroid dienone is 3. The Morgan fingerprint density at radius 3 is 2.43 bits per heavy atom. The summed E-state index contributed by atoms with van der Waals surface area (Å²) in [6.45, 7) is 5.91. The molecule has 2 heterocycles. The van der Waals surface area contributed by atoms with Crippen molar-refractivity contribution >= 4 is 52.5 Å². The topological polar surface area (TPSA) is 95.0 Å². The lowest BCUT2D eigenvalue weighted by Gasteiger charge is -2.50. The summed E-state index contributed by atoms with van der Waals surface area (Å²) in [5.74, 6) is -6.08. The summed E-state index contributed by atoms with van der Waals surface area (Å²) in [5, 5.41) is 11.5. The lowest BCUT2D eigenvalue weighted by atomic mass is 9.56. The Hall–Kier alpha value is -3.49. The Bertz CT molecular complexity index is 1570. The van der Waals surface area contributed by atoms with E-state index in [1.165, 1.54) is 17.0 Å². The summed E-state index contributed by atoms with van der Waals surface area (Å²) in [5.41, 5.74) is 1.51. The van der Waals surface area contributed by atoms with E-state index in [2.05, 4.69) is 6.58 Å². The van der Waals surface area contributed by atoms with Gasteiger partial charge in [0.15, 0.2) is 9.75 Å². The highest BCUT2D eigenvalue weighted by Gasteiger charge is 2.76. The molecular formula is C32H29Cl2FN2O5. The van der Waals surface area contributed by atoms with Gasteiger partial charge in [0.1, 0.15) is 11.6 Å². The molecule has 2 aromatic rings. The number of alkyl halides is 2. The smallest absolute Gasteiger partial charge is 0.258 e. The van der Waals surface area contributed by atoms with Gasteiger partial charge in [0.05, 0.1) is 17.5 Å². The van der Waals surface area contributed by atoms with Crippen molar-refractivity contribution in [1.82, 2.24) is 4.90 Å². The molecule has 6 rings (SSSR count). The van der Waals surface area contributed by atoms with E-state index in [-0.39, 0.29) is 48.2 Å². The summed E-state index contributed by atoms with van der Waals surface area (Å²) in [7, 11) is 0. The van der Waals surface area contributed by atoms with E-state index in [9.17, 15) is 28.7 Å². The Kier molecular flexibility index (Phi) is 6.85. The number of para-hydroxylation sites is 1. The maximum atomic E-state index is 14.4. The van der Waals surface area contributed by atoms with Gasteiger partial charge in [0.2, 0.25) is 11.8 Å². The van der Waals surface area contributed by atoms with Crippen molar-refractivity contribution in [3.63, 3.8) is 0 Å². The van der Waals surface area contributed by atoms with Crippen LogP contribution in [0.2, 0.25) is 0 Å². The molecule has 7 nitrogen and oxygen atoms in total. The van der Waals surface area contributed by atoms with Gasteiger partial charge in [0, 0.05) is 18.0 Å². The van der Waals surface area contributed by atoms with Gasteiger partial charge in [0.25, 0.3) is 11.8 Å². The van der Waals surface area contributed by atoms with Crippen molar-refractivity contribution in [1.29, 1.82) is 0 Å². The van der Waals surface area contributed by atoms with Crippen molar-refractivity contribution in [2.75, 3.05) is 11.4 Å². The average molecular weight is 611 g/mol. The summed E-state index contributed by atoms with van der Waals surface area (Å²) >= 11 is 14.7. The molecule has 1 saturated carbocycles. The van der Waals surface area contributed by atoms with Crippen LogP contribution in [-0.4, -0.2) is 49.9 Å². The number of rotatable bonds is 6. The lowest BCUT2D eigenvalue weighted by molar-refractivity contribution is -0.140. The first-order valence-corrected chi connectivity index (χ1v) is 14.8. The van der Waals surface area contributed by atoms with Gasteiger partial charge in [-0.3, -0.25) is 24.1 Å². The minimum atomic E-state index is -2.10. The summed E-state index contributed by atoms with van der Waals surface area (Å²) in [6.07, 6.45) is 4.45. The number of carbonyl (C=O) groups is 4. The van der Waals surface area contributed by atoms with Crippen molar-refractivity contribution in [3.05, 3.63) is 83.7 Å². The van der Waals surface area contributed by atoms with Crippen LogP contribution in [0.1, 0.15) is 43.2 Å². The Morgan fingerprint density at radius 2 is 1.76 bits per heavy atom. The number of nitrogens with zero attached hydrogens (tertiary/aromatic N) is 2. The van der Waals surface area contributed by atoms with Crippen LogP contribution < -0.4 is 4.90 Å². The molecule has 4 aliphatic rings. The van der Waals surface area contributed by atoms with E-state index >= 15 is 0 Å². The third-order valence-electron chi connectivity index (χ3n) is 9.26. The predicted molar refractivity (Wildman–Crippen MR) is 156 cm³/mol. The number of fused-ring (bicyclic) bond motifs is 4. The van der Waals surface area contributed by atoms with Gasteiger partial charge in [-0.2, -0.15) is 0 Å². The van der Waals surface area contributed by atoms with E-state index in [1.807, 2.05) is 13.0 Å². The lowest BCUT2D eigenvalue weighted by Crippen LogP contribution is -2.60. The molecule has 2 aliphatic carbocycles. The largest absolute Gasteiger partial charge is 0.507 e. The van der Waals surface area contributed by atoms with Gasteiger partial charge >= 0.3 is 0 Å². The highest BCUT2D eigenvalue weighted by atomic mass is 35.5. The molecule has 0 unspecified atom stereocenters. The number of halogens is 3. The summed E-state index contributed by atoms with van der Waals surface area (Å²) in [6, 6.07) is 9.90. The molecule has 6 atom stereocenters. The molecule has 0 bridgehead atoms. The minimum absolute atomic E-state index is 0.0975. The number of phenolic OH excluding ortho intramolecular Hbond substituents is 1. The van der Waals surface area contributed by atoms with Crippen LogP contribution in [0.3, 0.4) is 0 Å². The first kappa shape index (κ1) is 28.6. The fraction of sp³-hybridized carbons (Fsp3) is 0.375. The Labute approximate surface area is 252 Å². The van der Waals surface area contributed by atoms with Crippen LogP contribution in [0, 0.1) is 23.6 Å². The van der Waals surface area contributed by atoms with Crippen LogP contribution in [0.25, 0.3) is 0 Å². The molecule has 0 radical (unpaired) electrons. The molecule has 218 valence electrons. The average Bonchev–Trinajstić information content (AvgIpc) is 3.29. The van der Waals surface area contributed by atoms with Gasteiger partial charge in [-0.05, 0) is 61.4 Å². The van der Waals surface area contributed by atoms with Gasteiger partial charge in [-0.25, -0.2) is 9.29 Å². The quantitative estimate of drug-likeness (QED) is 0.274. The van der Waals surface area contributed by atoms with E-state index in [0.29, 0.717) is 24.0 Å². The second kappa shape index (κ2) is 10.1. The van der Waals surface area contributed by atoms with E-state index in [1.54, 1.807) is 24.3 Å². The minimum Gasteiger partial charge on any atom is -0.507 e. The zero-order chi connectivity index (χ0) is 30.1. The van der Waals surface area contributed by atoms with E-state index < -0.39 is 51.1 Å². The third-order valence-corrected chi connectivity index (χ3v) is 10.7. The second-order valence-corrected chi connectivity index (χ2v) is 12.7. The molecule has 3 fully saturated rings. The molecule has 10 heteroatoms. The number of aromatic hydroxyl groups is 1. The zero-order valence-corrected chi connectivity index (χ0v) is 24.4. The fourth-order valence-corrected chi connectivity index (χ4v) is 8.34. The molecule has 2 aromatic carbocycles. The molecule has 0 spiro atoms. The van der Waals surface area contributed by atoms with E-state index in [0.717, 1.165) is 17.0 Å². The van der Waals surface area contributed by atoms with Gasteiger partial charge in [-0.15, -0.1) is 29.8 Å². The standard InChI is InChI=1S/C32H29Cl2FN2O5/c1-3-6-17-7-5-8-22(26(17)38)25-20-13-14-21-24(28(40)36(15-4-2)27(21)39)23(20)16-31(33)29(41)37(30(42)32(25,31)34)19-11-9-18(35)10-12-19/h3,5,7-13,21,23-25,38H,1,4,6,14-16H2,2H3/t21-,23+,24-,25+,31+,32-/m0/s1. The van der Waals surface area contributed by atoms with Crippen LogP contribution in [-0.2, 0) is 25.6 Å². The van der Waals surface area contributed by atoms with Crippen molar-refractivity contribution in [2.45, 2.75) is 48.3 Å². The van der Waals surface area contributed by atoms with Crippen molar-refractivity contribution < 1.29 is 28.7 Å². The number of amides is 4. The highest BCUT2D eigenvalue weighted by molar-refractivity contribution is 6.58. The SMILES string of the molecule is C=CCc1cccc([C@H]2C3=CC[C@@H]4C(=O)N(CCC)C(=O)[C@@H]4[C@@H]3C[C@@]3(Cl)C(=O)N(c4ccc(F)cc4)C(=O)[C@@]23Cl)c1O. The normalized spacial score (nSPS) is 32.0. The fourth-order valence-electron chi connectivity index (χ4n) is 7.42. The van der Waals surface area contributed by atoms with Crippen LogP contribution in [0.15, 0.2) is 66.8 Å². The number of hydrogen-bond acceptors (Lipinski definition) is 5. The number of benzene rings is 2. The molecule has 2 saturated heterocycles. The van der Waals surface area contributed by atoms with Gasteiger partial charge < -0.3 is 5.11 Å². The molecule has 2 aliphatic heterocycles. The van der Waals surface area contributed by atoms with Crippen molar-refractivity contribution in [3.8, 4) is 5.75 Å². The maximum Gasteiger partial charge on any atom is 0.258 e.